The summed E-state index contributed by atoms with van der Waals surface area (Å²) in [6.07, 6.45) is 4.89. The van der Waals surface area contributed by atoms with Crippen molar-refractivity contribution in [1.29, 1.82) is 10.5 Å². The van der Waals surface area contributed by atoms with Crippen LogP contribution in [0.15, 0.2) is 72.8 Å². The second-order valence-corrected chi connectivity index (χ2v) is 16.1. The number of carbonyl (C=O) groups excluding carboxylic acids is 3. The summed E-state index contributed by atoms with van der Waals surface area (Å²) >= 11 is 0. The van der Waals surface area contributed by atoms with E-state index in [9.17, 15) is 24.3 Å². The molecule has 0 spiro atoms. The summed E-state index contributed by atoms with van der Waals surface area (Å²) in [7, 11) is -2.31. The van der Waals surface area contributed by atoms with E-state index in [1.807, 2.05) is 91.2 Å². The van der Waals surface area contributed by atoms with Crippen LogP contribution in [0.3, 0.4) is 0 Å². The molecule has 0 bridgehead atoms. The van der Waals surface area contributed by atoms with Crippen LogP contribution in [0.5, 0.6) is 0 Å². The summed E-state index contributed by atoms with van der Waals surface area (Å²) in [5.74, 6) is -0.772. The molecule has 0 atom stereocenters. The Balaban J connectivity index is 0.000000297. The molecule has 340 valence electrons. The van der Waals surface area contributed by atoms with E-state index in [0.29, 0.717) is 77.8 Å². The van der Waals surface area contributed by atoms with Crippen molar-refractivity contribution in [2.75, 3.05) is 40.4 Å². The first-order valence-electron chi connectivity index (χ1n) is 20.7. The molecule has 0 radical (unpaired) electrons. The Kier molecular flexibility index (Phi) is 19.8. The fraction of sp³-hybridized carbons (Fsp3) is 0.375. The molecule has 0 aliphatic carbocycles. The summed E-state index contributed by atoms with van der Waals surface area (Å²) in [6.45, 7) is 10.3. The van der Waals surface area contributed by atoms with E-state index < -0.39 is 22.3 Å². The van der Waals surface area contributed by atoms with Gasteiger partial charge in [-0.05, 0) is 134 Å². The third-order valence-corrected chi connectivity index (χ3v) is 11.3. The molecule has 15 nitrogen and oxygen atoms in total. The molecule has 0 saturated carbocycles. The SMILES string of the molecule is CCc1cc(C)c(C(=O)O)cc1C(=O)N1CCC(c2ccc(C#N)cc2)CC1.CCc1cc(C)c(C(=O)OC)cc1C(=O)N1CCC(c2ccc(C#N)cc2)CC1.CO.O=S(=O)(O)O. The van der Waals surface area contributed by atoms with Gasteiger partial charge in [0.1, 0.15) is 0 Å². The zero-order valence-electron chi connectivity index (χ0n) is 37.0. The number of methoxy groups -OCH3 is 1. The first kappa shape index (κ1) is 51.9. The highest BCUT2D eigenvalue weighted by atomic mass is 32.3. The Morgan fingerprint density at radius 2 is 0.969 bits per heavy atom. The Bertz CT molecular complexity index is 2450. The fourth-order valence-corrected chi connectivity index (χ4v) is 7.91. The van der Waals surface area contributed by atoms with Gasteiger partial charge in [0.05, 0.1) is 41.5 Å². The number of ether oxygens (including phenoxy) is 1. The molecular formula is C48H56N4O11S. The molecule has 2 amide bonds. The number of benzene rings is 4. The van der Waals surface area contributed by atoms with E-state index in [0.717, 1.165) is 55.9 Å². The quantitative estimate of drug-likeness (QED) is 0.100. The fourth-order valence-electron chi connectivity index (χ4n) is 7.91. The van der Waals surface area contributed by atoms with Gasteiger partial charge in [-0.15, -0.1) is 0 Å². The lowest BCUT2D eigenvalue weighted by atomic mass is 9.88. The van der Waals surface area contributed by atoms with Gasteiger partial charge in [0.2, 0.25) is 0 Å². The molecular weight excluding hydrogens is 841 g/mol. The minimum absolute atomic E-state index is 0.0229. The average Bonchev–Trinajstić information content (AvgIpc) is 3.31. The first-order valence-corrected chi connectivity index (χ1v) is 22.1. The maximum Gasteiger partial charge on any atom is 0.394 e. The van der Waals surface area contributed by atoms with E-state index in [1.54, 1.807) is 13.0 Å². The lowest BCUT2D eigenvalue weighted by molar-refractivity contribution is 0.0598. The highest BCUT2D eigenvalue weighted by molar-refractivity contribution is 7.79. The number of aliphatic hydroxyl groups excluding tert-OH is 1. The van der Waals surface area contributed by atoms with Gasteiger partial charge >= 0.3 is 22.3 Å². The molecule has 6 rings (SSSR count). The molecule has 4 aromatic carbocycles. The smallest absolute Gasteiger partial charge is 0.394 e. The maximum absolute atomic E-state index is 13.2. The van der Waals surface area contributed by atoms with Crippen LogP contribution >= 0.6 is 0 Å². The number of piperidine rings is 2. The van der Waals surface area contributed by atoms with E-state index >= 15 is 0 Å². The van der Waals surface area contributed by atoms with E-state index in [2.05, 4.69) is 12.1 Å². The Hall–Kier alpha value is -6.43. The Morgan fingerprint density at radius 1 is 0.641 bits per heavy atom. The number of carboxylic acids is 1. The van der Waals surface area contributed by atoms with Crippen LogP contribution in [-0.2, 0) is 28.0 Å². The molecule has 16 heteroatoms. The van der Waals surface area contributed by atoms with E-state index in [1.165, 1.54) is 24.3 Å². The van der Waals surface area contributed by atoms with Crippen molar-refractivity contribution in [3.63, 3.8) is 0 Å². The Morgan fingerprint density at radius 3 is 1.27 bits per heavy atom. The topological polar surface area (TPSA) is 247 Å². The molecule has 2 heterocycles. The number of nitrogens with zero attached hydrogens (tertiary/aromatic N) is 4. The van der Waals surface area contributed by atoms with Crippen molar-refractivity contribution in [2.24, 2.45) is 0 Å². The zero-order valence-corrected chi connectivity index (χ0v) is 37.8. The monoisotopic (exact) mass is 896 g/mol. The van der Waals surface area contributed by atoms with Crippen LogP contribution in [0.2, 0.25) is 0 Å². The van der Waals surface area contributed by atoms with Crippen LogP contribution in [0.25, 0.3) is 0 Å². The largest absolute Gasteiger partial charge is 0.478 e. The van der Waals surface area contributed by atoms with Crippen molar-refractivity contribution in [3.05, 3.63) is 140 Å². The lowest BCUT2D eigenvalue weighted by Crippen LogP contribution is -2.38. The number of rotatable bonds is 8. The first-order chi connectivity index (χ1) is 30.4. The number of aromatic carboxylic acids is 1. The van der Waals surface area contributed by atoms with Crippen molar-refractivity contribution in [3.8, 4) is 12.1 Å². The molecule has 0 aromatic heterocycles. The lowest BCUT2D eigenvalue weighted by Gasteiger charge is -2.33. The minimum Gasteiger partial charge on any atom is -0.478 e. The Labute approximate surface area is 375 Å². The van der Waals surface area contributed by atoms with Crippen molar-refractivity contribution < 1.29 is 51.7 Å². The predicted octanol–water partition coefficient (Wildman–Crippen LogP) is 7.34. The number of esters is 1. The van der Waals surface area contributed by atoms with Gasteiger partial charge < -0.3 is 24.7 Å². The summed E-state index contributed by atoms with van der Waals surface area (Å²) in [4.78, 5) is 53.6. The highest BCUT2D eigenvalue weighted by Crippen LogP contribution is 2.31. The zero-order chi connectivity index (χ0) is 47.7. The van der Waals surface area contributed by atoms with Gasteiger partial charge in [0, 0.05) is 44.4 Å². The van der Waals surface area contributed by atoms with Crippen LogP contribution in [0.1, 0.15) is 137 Å². The molecule has 4 aromatic rings. The maximum atomic E-state index is 13.2. The van der Waals surface area contributed by atoms with Crippen LogP contribution < -0.4 is 0 Å². The van der Waals surface area contributed by atoms with Crippen LogP contribution in [0.4, 0.5) is 0 Å². The van der Waals surface area contributed by atoms with Crippen molar-refractivity contribution >= 4 is 34.2 Å². The van der Waals surface area contributed by atoms with Gasteiger partial charge in [-0.25, -0.2) is 9.59 Å². The molecule has 0 unspecified atom stereocenters. The molecule has 2 saturated heterocycles. The van der Waals surface area contributed by atoms with Crippen LogP contribution in [0, 0.1) is 36.5 Å². The van der Waals surface area contributed by atoms with Gasteiger partial charge in [-0.2, -0.15) is 18.9 Å². The normalized spacial score (nSPS) is 13.9. The van der Waals surface area contributed by atoms with E-state index in [4.69, 9.17) is 37.9 Å². The number of aryl methyl sites for hydroxylation is 4. The number of carbonyl (C=O) groups is 4. The third-order valence-electron chi connectivity index (χ3n) is 11.3. The molecule has 64 heavy (non-hydrogen) atoms. The van der Waals surface area contributed by atoms with Crippen molar-refractivity contribution in [2.45, 2.75) is 78.1 Å². The molecule has 4 N–H and O–H groups in total. The minimum atomic E-state index is -4.67. The van der Waals surface area contributed by atoms with Gasteiger partial charge in [-0.1, -0.05) is 50.2 Å². The summed E-state index contributed by atoms with van der Waals surface area (Å²) in [5, 5.41) is 34.3. The number of likely N-dealkylation sites (tertiary alicyclic amines) is 2. The van der Waals surface area contributed by atoms with Crippen LogP contribution in [-0.4, -0.2) is 102 Å². The molecule has 2 fully saturated rings. The summed E-state index contributed by atoms with van der Waals surface area (Å²) < 4.78 is 36.4. The predicted molar refractivity (Wildman–Crippen MR) is 240 cm³/mol. The second kappa shape index (κ2) is 24.4. The number of hydrogen-bond donors (Lipinski definition) is 4. The number of carboxylic acid groups (broad SMARTS) is 1. The number of amides is 2. The van der Waals surface area contributed by atoms with Crippen molar-refractivity contribution in [1.82, 2.24) is 9.80 Å². The summed E-state index contributed by atoms with van der Waals surface area (Å²) in [5.41, 5.74) is 8.80. The second-order valence-electron chi connectivity index (χ2n) is 15.2. The molecule has 2 aliphatic rings. The number of hydrogen-bond acceptors (Lipinski definition) is 10. The summed E-state index contributed by atoms with van der Waals surface area (Å²) in [6, 6.07) is 26.6. The van der Waals surface area contributed by atoms with Gasteiger partial charge in [0.25, 0.3) is 11.8 Å². The van der Waals surface area contributed by atoms with E-state index in [-0.39, 0.29) is 17.4 Å². The number of nitriles is 2. The van der Waals surface area contributed by atoms with Gasteiger partial charge in [0.15, 0.2) is 0 Å². The molecule has 2 aliphatic heterocycles. The highest BCUT2D eigenvalue weighted by Gasteiger charge is 2.28. The third kappa shape index (κ3) is 14.3. The average molecular weight is 897 g/mol. The standard InChI is InChI=1S/C24H26N2O3.C23H24N2O3.CH4O.H2O4S/c1-4-18-13-16(2)21(24(28)29-3)14-22(18)23(27)26-11-9-20(10-12-26)19-7-5-17(15-25)6-8-19;1-3-17-12-15(2)20(23(27)28)13-21(17)22(26)25-10-8-19(9-11-25)18-6-4-16(14-24)5-7-18;1-2;1-5(2,3)4/h5-8,13-14,20H,4,9-12H2,1-3H3;4-7,12-13,19H,3,8-11H2,1-2H3,(H,27,28);2H,1H3;(H2,1,2,3,4). The number of aliphatic hydroxyl groups is 1. The van der Waals surface area contributed by atoms with Gasteiger partial charge in [-0.3, -0.25) is 18.7 Å².